The molecule has 0 radical (unpaired) electrons. The SMILES string of the molecule is NS(=O)(=O)c1ccc(N/N=C2\CC3CC=CC23)c([N+](=O)[O-])c1. The van der Waals surface area contributed by atoms with Gasteiger partial charge in [-0.15, -0.1) is 0 Å². The molecule has 3 N–H and O–H groups in total. The van der Waals surface area contributed by atoms with E-state index in [1.54, 1.807) is 0 Å². The number of nitrogens with zero attached hydrogens (tertiary/aromatic N) is 2. The standard InChI is InChI=1S/C13H14N4O4S/c14-22(20,21)9-4-5-11(13(7-9)17(18)19)15-16-12-6-8-2-1-3-10(8)12/h1,3-5,7-8,10,15H,2,6H2,(H2,14,20,21)/b16-12+. The maximum absolute atomic E-state index is 11.3. The quantitative estimate of drug-likeness (QED) is 0.494. The number of anilines is 1. The van der Waals surface area contributed by atoms with Gasteiger partial charge in [0.1, 0.15) is 5.69 Å². The van der Waals surface area contributed by atoms with Crippen LogP contribution in [-0.4, -0.2) is 19.1 Å². The number of hydrogen-bond acceptors (Lipinski definition) is 6. The fourth-order valence-electron chi connectivity index (χ4n) is 2.73. The Kier molecular flexibility index (Phi) is 3.45. The molecule has 8 nitrogen and oxygen atoms in total. The first-order valence-electron chi connectivity index (χ1n) is 6.66. The second kappa shape index (κ2) is 5.18. The van der Waals surface area contributed by atoms with Crippen LogP contribution in [0.1, 0.15) is 12.8 Å². The molecule has 2 aliphatic rings. The van der Waals surface area contributed by atoms with Gasteiger partial charge in [0.15, 0.2) is 0 Å². The highest BCUT2D eigenvalue weighted by molar-refractivity contribution is 7.89. The van der Waals surface area contributed by atoms with Crippen molar-refractivity contribution in [3.63, 3.8) is 0 Å². The third-order valence-corrected chi connectivity index (χ3v) is 4.87. The van der Waals surface area contributed by atoms with Gasteiger partial charge in [0.05, 0.1) is 9.82 Å². The smallest absolute Gasteiger partial charge is 0.272 e. The van der Waals surface area contributed by atoms with Crippen LogP contribution < -0.4 is 10.6 Å². The number of hydrazone groups is 1. The lowest BCUT2D eigenvalue weighted by atomic mass is 9.74. The molecule has 3 rings (SSSR count). The highest BCUT2D eigenvalue weighted by atomic mass is 32.2. The molecule has 1 fully saturated rings. The summed E-state index contributed by atoms with van der Waals surface area (Å²) >= 11 is 0. The molecule has 2 aliphatic carbocycles. The van der Waals surface area contributed by atoms with E-state index >= 15 is 0 Å². The zero-order valence-corrected chi connectivity index (χ0v) is 12.3. The largest absolute Gasteiger partial charge is 0.295 e. The number of primary sulfonamides is 1. The third-order valence-electron chi connectivity index (χ3n) is 3.96. The van der Waals surface area contributed by atoms with Crippen LogP contribution in [0.25, 0.3) is 0 Å². The Balaban J connectivity index is 1.86. The number of nitro groups is 1. The highest BCUT2D eigenvalue weighted by Gasteiger charge is 2.37. The molecule has 1 aromatic rings. The molecule has 2 atom stereocenters. The molecule has 9 heteroatoms. The number of sulfonamides is 1. The van der Waals surface area contributed by atoms with Crippen molar-refractivity contribution in [2.24, 2.45) is 22.1 Å². The average molecular weight is 322 g/mol. The summed E-state index contributed by atoms with van der Waals surface area (Å²) < 4.78 is 22.5. The molecule has 1 aromatic carbocycles. The number of fused-ring (bicyclic) bond motifs is 1. The lowest BCUT2D eigenvalue weighted by Crippen LogP contribution is -2.33. The van der Waals surface area contributed by atoms with Crippen molar-refractivity contribution in [2.45, 2.75) is 17.7 Å². The molecule has 0 heterocycles. The number of benzene rings is 1. The summed E-state index contributed by atoms with van der Waals surface area (Å²) in [5.74, 6) is 0.913. The topological polar surface area (TPSA) is 128 Å². The molecule has 0 aromatic heterocycles. The van der Waals surface area contributed by atoms with E-state index in [-0.39, 0.29) is 16.3 Å². The van der Waals surface area contributed by atoms with E-state index in [1.807, 2.05) is 0 Å². The maximum atomic E-state index is 11.3. The van der Waals surface area contributed by atoms with Gasteiger partial charge in [-0.1, -0.05) is 12.2 Å². The van der Waals surface area contributed by atoms with Crippen molar-refractivity contribution >= 4 is 27.1 Å². The Morgan fingerprint density at radius 1 is 1.41 bits per heavy atom. The van der Waals surface area contributed by atoms with Crippen molar-refractivity contribution in [3.8, 4) is 0 Å². The van der Waals surface area contributed by atoms with E-state index in [9.17, 15) is 18.5 Å². The van der Waals surface area contributed by atoms with E-state index < -0.39 is 14.9 Å². The van der Waals surface area contributed by atoms with Gasteiger partial charge in [0, 0.05) is 17.7 Å². The first-order valence-corrected chi connectivity index (χ1v) is 8.21. The average Bonchev–Trinajstić information content (AvgIpc) is 2.79. The zero-order chi connectivity index (χ0) is 15.9. The molecule has 0 aliphatic heterocycles. The molecule has 1 saturated carbocycles. The Hall–Kier alpha value is -2.26. The fraction of sp³-hybridized carbons (Fsp3) is 0.308. The summed E-state index contributed by atoms with van der Waals surface area (Å²) in [7, 11) is -3.99. The molecule has 22 heavy (non-hydrogen) atoms. The first kappa shape index (κ1) is 14.7. The number of rotatable bonds is 4. The van der Waals surface area contributed by atoms with Gasteiger partial charge < -0.3 is 0 Å². The third kappa shape index (κ3) is 2.60. The Bertz CT molecular complexity index is 800. The van der Waals surface area contributed by atoms with Crippen LogP contribution in [0.2, 0.25) is 0 Å². The second-order valence-electron chi connectivity index (χ2n) is 5.35. The zero-order valence-electron chi connectivity index (χ0n) is 11.5. The molecule has 116 valence electrons. The van der Waals surface area contributed by atoms with E-state index in [2.05, 4.69) is 22.7 Å². The van der Waals surface area contributed by atoms with E-state index in [0.717, 1.165) is 24.6 Å². The normalized spacial score (nSPS) is 24.9. The molecule has 2 unspecified atom stereocenters. The van der Waals surface area contributed by atoms with Crippen molar-refractivity contribution < 1.29 is 13.3 Å². The lowest BCUT2D eigenvalue weighted by Gasteiger charge is -2.31. The minimum Gasteiger partial charge on any atom is -0.272 e. The van der Waals surface area contributed by atoms with Gasteiger partial charge in [-0.3, -0.25) is 15.5 Å². The Labute approximate surface area is 126 Å². The van der Waals surface area contributed by atoms with Gasteiger partial charge in [-0.2, -0.15) is 5.10 Å². The Morgan fingerprint density at radius 3 is 2.82 bits per heavy atom. The van der Waals surface area contributed by atoms with Crippen LogP contribution in [-0.2, 0) is 10.0 Å². The minimum absolute atomic E-state index is 0.135. The van der Waals surface area contributed by atoms with Crippen LogP contribution in [0.3, 0.4) is 0 Å². The van der Waals surface area contributed by atoms with Crippen molar-refractivity contribution in [1.29, 1.82) is 0 Å². The van der Waals surface area contributed by atoms with Crippen LogP contribution >= 0.6 is 0 Å². The van der Waals surface area contributed by atoms with Crippen molar-refractivity contribution in [1.82, 2.24) is 0 Å². The number of nitro benzene ring substituents is 1. The predicted octanol–water partition coefficient (Wildman–Crippen LogP) is 1.61. The highest BCUT2D eigenvalue weighted by Crippen LogP contribution is 2.40. The maximum Gasteiger partial charge on any atom is 0.295 e. The summed E-state index contributed by atoms with van der Waals surface area (Å²) in [6, 6.07) is 3.43. The van der Waals surface area contributed by atoms with Crippen LogP contribution in [0.15, 0.2) is 40.3 Å². The van der Waals surface area contributed by atoms with Crippen LogP contribution in [0.5, 0.6) is 0 Å². The summed E-state index contributed by atoms with van der Waals surface area (Å²) in [5.41, 5.74) is 3.37. The molecular formula is C13H14N4O4S. The number of nitrogens with two attached hydrogens (primary N) is 1. The monoisotopic (exact) mass is 322 g/mol. The van der Waals surface area contributed by atoms with Gasteiger partial charge in [0.2, 0.25) is 10.0 Å². The molecule has 0 saturated heterocycles. The van der Waals surface area contributed by atoms with Crippen molar-refractivity contribution in [2.75, 3.05) is 5.43 Å². The summed E-state index contributed by atoms with van der Waals surface area (Å²) in [5, 5.41) is 20.3. The van der Waals surface area contributed by atoms with E-state index in [0.29, 0.717) is 11.8 Å². The molecule has 0 spiro atoms. The van der Waals surface area contributed by atoms with Crippen LogP contribution in [0, 0.1) is 22.0 Å². The lowest BCUT2D eigenvalue weighted by molar-refractivity contribution is -0.384. The summed E-state index contributed by atoms with van der Waals surface area (Å²) in [4.78, 5) is 10.1. The van der Waals surface area contributed by atoms with Gasteiger partial charge >= 0.3 is 0 Å². The van der Waals surface area contributed by atoms with Gasteiger partial charge in [-0.05, 0) is 30.9 Å². The minimum atomic E-state index is -3.99. The van der Waals surface area contributed by atoms with Gasteiger partial charge in [0.25, 0.3) is 5.69 Å². The summed E-state index contributed by atoms with van der Waals surface area (Å²) in [6.45, 7) is 0. The predicted molar refractivity (Wildman–Crippen MR) is 80.9 cm³/mol. The van der Waals surface area contributed by atoms with E-state index in [1.165, 1.54) is 12.1 Å². The van der Waals surface area contributed by atoms with Crippen LogP contribution in [0.4, 0.5) is 11.4 Å². The molecule has 0 amide bonds. The molecular weight excluding hydrogens is 308 g/mol. The first-order chi connectivity index (χ1) is 10.4. The number of nitrogens with one attached hydrogen (secondary N) is 1. The second-order valence-corrected chi connectivity index (χ2v) is 6.91. The number of hydrogen-bond donors (Lipinski definition) is 2. The van der Waals surface area contributed by atoms with Gasteiger partial charge in [-0.25, -0.2) is 13.6 Å². The molecule has 0 bridgehead atoms. The number of allylic oxidation sites excluding steroid dienone is 2. The Morgan fingerprint density at radius 2 is 2.18 bits per heavy atom. The fourth-order valence-corrected chi connectivity index (χ4v) is 3.26. The van der Waals surface area contributed by atoms with E-state index in [4.69, 9.17) is 5.14 Å². The van der Waals surface area contributed by atoms with Crippen molar-refractivity contribution in [3.05, 3.63) is 40.5 Å². The summed E-state index contributed by atoms with van der Waals surface area (Å²) in [6.07, 6.45) is 6.12.